The number of anilines is 1. The van der Waals surface area contributed by atoms with E-state index < -0.39 is 28.1 Å². The second kappa shape index (κ2) is 5.35. The van der Waals surface area contributed by atoms with Crippen molar-refractivity contribution in [3.8, 4) is 5.75 Å². The maximum absolute atomic E-state index is 13.4. The van der Waals surface area contributed by atoms with Gasteiger partial charge in [-0.2, -0.15) is 0 Å². The van der Waals surface area contributed by atoms with Crippen molar-refractivity contribution in [3.05, 3.63) is 64.0 Å². The van der Waals surface area contributed by atoms with Crippen molar-refractivity contribution in [3.63, 3.8) is 0 Å². The molecule has 0 bridgehead atoms. The standard InChI is InChI=1S/C13H9FN2O4/c14-9-3-1-2-4-10(9)15-13(18)8-5-6-11(16(19)20)12(17)7-8/h1-7,17H,(H,15,18). The van der Waals surface area contributed by atoms with Crippen LogP contribution in [0.25, 0.3) is 0 Å². The predicted octanol–water partition coefficient (Wildman–Crippen LogP) is 2.69. The number of amides is 1. The monoisotopic (exact) mass is 276 g/mol. The molecule has 2 rings (SSSR count). The Labute approximate surface area is 112 Å². The van der Waals surface area contributed by atoms with Crippen LogP contribution in [-0.2, 0) is 0 Å². The lowest BCUT2D eigenvalue weighted by Crippen LogP contribution is -2.12. The van der Waals surface area contributed by atoms with E-state index in [4.69, 9.17) is 0 Å². The predicted molar refractivity (Wildman–Crippen MR) is 69.1 cm³/mol. The molecule has 6 nitrogen and oxygen atoms in total. The van der Waals surface area contributed by atoms with Crippen molar-refractivity contribution in [2.45, 2.75) is 0 Å². The molecular weight excluding hydrogens is 267 g/mol. The van der Waals surface area contributed by atoms with Crippen molar-refractivity contribution in [1.29, 1.82) is 0 Å². The number of carbonyl (C=O) groups is 1. The molecule has 0 saturated carbocycles. The molecule has 0 radical (unpaired) electrons. The Morgan fingerprint density at radius 2 is 1.95 bits per heavy atom. The van der Waals surface area contributed by atoms with Crippen LogP contribution >= 0.6 is 0 Å². The van der Waals surface area contributed by atoms with Crippen molar-refractivity contribution in [1.82, 2.24) is 0 Å². The quantitative estimate of drug-likeness (QED) is 0.665. The van der Waals surface area contributed by atoms with Crippen LogP contribution in [-0.4, -0.2) is 15.9 Å². The lowest BCUT2D eigenvalue weighted by molar-refractivity contribution is -0.385. The number of para-hydroxylation sites is 1. The van der Waals surface area contributed by atoms with Gasteiger partial charge in [0.15, 0.2) is 5.75 Å². The van der Waals surface area contributed by atoms with Gasteiger partial charge in [0, 0.05) is 11.6 Å². The molecule has 1 amide bonds. The highest BCUT2D eigenvalue weighted by Gasteiger charge is 2.16. The molecule has 0 aliphatic heterocycles. The Morgan fingerprint density at radius 3 is 2.55 bits per heavy atom. The first-order chi connectivity index (χ1) is 9.49. The molecule has 20 heavy (non-hydrogen) atoms. The van der Waals surface area contributed by atoms with Crippen molar-refractivity contribution in [2.75, 3.05) is 5.32 Å². The van der Waals surface area contributed by atoms with Gasteiger partial charge >= 0.3 is 5.69 Å². The number of hydrogen-bond donors (Lipinski definition) is 2. The molecule has 0 fully saturated rings. The van der Waals surface area contributed by atoms with E-state index in [0.29, 0.717) is 0 Å². The lowest BCUT2D eigenvalue weighted by atomic mass is 10.1. The molecule has 0 aliphatic carbocycles. The summed E-state index contributed by atoms with van der Waals surface area (Å²) in [6.45, 7) is 0. The van der Waals surface area contributed by atoms with Gasteiger partial charge in [-0.1, -0.05) is 12.1 Å². The number of aromatic hydroxyl groups is 1. The molecule has 0 saturated heterocycles. The molecule has 0 heterocycles. The topological polar surface area (TPSA) is 92.5 Å². The Balaban J connectivity index is 2.24. The molecule has 0 spiro atoms. The summed E-state index contributed by atoms with van der Waals surface area (Å²) in [6.07, 6.45) is 0. The van der Waals surface area contributed by atoms with E-state index in [9.17, 15) is 24.4 Å². The number of phenols is 1. The summed E-state index contributed by atoms with van der Waals surface area (Å²) < 4.78 is 13.4. The number of rotatable bonds is 3. The van der Waals surface area contributed by atoms with Crippen molar-refractivity contribution < 1.29 is 19.2 Å². The largest absolute Gasteiger partial charge is 0.502 e. The molecule has 0 aromatic heterocycles. The van der Waals surface area contributed by atoms with Crippen LogP contribution in [0.3, 0.4) is 0 Å². The minimum Gasteiger partial charge on any atom is -0.502 e. The number of nitro groups is 1. The second-order valence-corrected chi connectivity index (χ2v) is 3.89. The number of halogens is 1. The third-order valence-electron chi connectivity index (χ3n) is 2.56. The normalized spacial score (nSPS) is 10.1. The average Bonchev–Trinajstić information content (AvgIpc) is 2.40. The van der Waals surface area contributed by atoms with Crippen LogP contribution in [0.5, 0.6) is 5.75 Å². The van der Waals surface area contributed by atoms with Gasteiger partial charge in [0.05, 0.1) is 10.6 Å². The van der Waals surface area contributed by atoms with Crippen molar-refractivity contribution in [2.24, 2.45) is 0 Å². The maximum atomic E-state index is 13.4. The summed E-state index contributed by atoms with van der Waals surface area (Å²) in [5.41, 5.74) is -0.542. The third kappa shape index (κ3) is 2.72. The fourth-order valence-corrected chi connectivity index (χ4v) is 1.58. The van der Waals surface area contributed by atoms with Crippen molar-refractivity contribution >= 4 is 17.3 Å². The summed E-state index contributed by atoms with van der Waals surface area (Å²) in [4.78, 5) is 21.6. The fraction of sp³-hybridized carbons (Fsp3) is 0. The Hall–Kier alpha value is -2.96. The van der Waals surface area contributed by atoms with E-state index >= 15 is 0 Å². The number of benzene rings is 2. The molecule has 2 N–H and O–H groups in total. The van der Waals surface area contributed by atoms with Gasteiger partial charge in [0.2, 0.25) is 0 Å². The molecule has 0 unspecified atom stereocenters. The van der Waals surface area contributed by atoms with Gasteiger partial charge in [-0.05, 0) is 24.3 Å². The number of nitro benzene ring substituents is 1. The van der Waals surface area contributed by atoms with Crippen LogP contribution in [0.2, 0.25) is 0 Å². The van der Waals surface area contributed by atoms with Crippen LogP contribution in [0.4, 0.5) is 15.8 Å². The second-order valence-electron chi connectivity index (χ2n) is 3.89. The molecule has 102 valence electrons. The Bertz CT molecular complexity index is 688. The van der Waals surface area contributed by atoms with E-state index in [1.165, 1.54) is 24.3 Å². The molecular formula is C13H9FN2O4. The van der Waals surface area contributed by atoms with Crippen LogP contribution in [0.15, 0.2) is 42.5 Å². The highest BCUT2D eigenvalue weighted by molar-refractivity contribution is 6.04. The SMILES string of the molecule is O=C(Nc1ccccc1F)c1ccc([N+](=O)[O-])c(O)c1. The van der Waals surface area contributed by atoms with Gasteiger partial charge in [-0.25, -0.2) is 4.39 Å². The Morgan fingerprint density at radius 1 is 1.25 bits per heavy atom. The van der Waals surface area contributed by atoms with E-state index in [2.05, 4.69) is 5.32 Å². The molecule has 7 heteroatoms. The molecule has 2 aromatic carbocycles. The van der Waals surface area contributed by atoms with Gasteiger partial charge in [0.1, 0.15) is 5.82 Å². The number of hydrogen-bond acceptors (Lipinski definition) is 4. The first-order valence-corrected chi connectivity index (χ1v) is 5.52. The highest BCUT2D eigenvalue weighted by Crippen LogP contribution is 2.26. The summed E-state index contributed by atoms with van der Waals surface area (Å²) >= 11 is 0. The van der Waals surface area contributed by atoms with Gasteiger partial charge in [0.25, 0.3) is 5.91 Å². The van der Waals surface area contributed by atoms with E-state index in [-0.39, 0.29) is 11.3 Å². The first-order valence-electron chi connectivity index (χ1n) is 5.52. The highest BCUT2D eigenvalue weighted by atomic mass is 19.1. The van der Waals surface area contributed by atoms with Gasteiger partial charge < -0.3 is 10.4 Å². The van der Waals surface area contributed by atoms with Gasteiger partial charge in [-0.3, -0.25) is 14.9 Å². The van der Waals surface area contributed by atoms with Crippen LogP contribution < -0.4 is 5.32 Å². The summed E-state index contributed by atoms with van der Waals surface area (Å²) in [5, 5.41) is 22.3. The maximum Gasteiger partial charge on any atom is 0.310 e. The molecule has 0 aliphatic rings. The first kappa shape index (κ1) is 13.5. The lowest BCUT2D eigenvalue weighted by Gasteiger charge is -2.06. The summed E-state index contributed by atoms with van der Waals surface area (Å²) in [7, 11) is 0. The van der Waals surface area contributed by atoms with E-state index in [1.54, 1.807) is 6.07 Å². The zero-order valence-electron chi connectivity index (χ0n) is 10.0. The third-order valence-corrected chi connectivity index (χ3v) is 2.56. The van der Waals surface area contributed by atoms with Crippen LogP contribution in [0.1, 0.15) is 10.4 Å². The van der Waals surface area contributed by atoms with Gasteiger partial charge in [-0.15, -0.1) is 0 Å². The average molecular weight is 276 g/mol. The minimum atomic E-state index is -0.770. The van der Waals surface area contributed by atoms with E-state index in [0.717, 1.165) is 12.1 Å². The zero-order valence-corrected chi connectivity index (χ0v) is 10.0. The number of nitrogens with one attached hydrogen (secondary N) is 1. The Kier molecular flexibility index (Phi) is 3.60. The fourth-order valence-electron chi connectivity index (χ4n) is 1.58. The number of nitrogens with zero attached hydrogens (tertiary/aromatic N) is 1. The smallest absolute Gasteiger partial charge is 0.310 e. The number of phenolic OH excluding ortho intramolecular Hbond substituents is 1. The van der Waals surface area contributed by atoms with E-state index in [1.807, 2.05) is 0 Å². The minimum absolute atomic E-state index is 0.0173. The number of carbonyl (C=O) groups excluding carboxylic acids is 1. The summed E-state index contributed by atoms with van der Waals surface area (Å²) in [6, 6.07) is 8.71. The molecule has 2 aromatic rings. The van der Waals surface area contributed by atoms with Crippen LogP contribution in [0, 0.1) is 15.9 Å². The molecule has 0 atom stereocenters. The zero-order chi connectivity index (χ0) is 14.7. The summed E-state index contributed by atoms with van der Waals surface area (Å²) in [5.74, 6) is -1.91.